The summed E-state index contributed by atoms with van der Waals surface area (Å²) in [5, 5.41) is 25.5. The molecule has 0 fully saturated rings. The van der Waals surface area contributed by atoms with Gasteiger partial charge in [0.15, 0.2) is 0 Å². The van der Waals surface area contributed by atoms with Gasteiger partial charge in [-0.15, -0.1) is 0 Å². The van der Waals surface area contributed by atoms with Crippen molar-refractivity contribution in [3.8, 4) is 0 Å². The molecule has 0 aromatic carbocycles. The molecule has 33 heavy (non-hydrogen) atoms. The van der Waals surface area contributed by atoms with E-state index in [0.717, 1.165) is 19.3 Å². The number of aliphatic carboxylic acids is 3. The third kappa shape index (κ3) is 20.6. The third-order valence-corrected chi connectivity index (χ3v) is 6.14. The van der Waals surface area contributed by atoms with Gasteiger partial charge in [-0.05, 0) is 35.5 Å². The summed E-state index contributed by atoms with van der Waals surface area (Å²) in [6.07, 6.45) is 4.48. The van der Waals surface area contributed by atoms with Crippen LogP contribution in [0.25, 0.3) is 0 Å². The normalized spacial score (nSPS) is 14.5. The summed E-state index contributed by atoms with van der Waals surface area (Å²) in [7, 11) is 0. The maximum absolute atomic E-state index is 10.4. The Morgan fingerprint density at radius 3 is 0.788 bits per heavy atom. The molecule has 1 unspecified atom stereocenters. The summed E-state index contributed by atoms with van der Waals surface area (Å²) < 4.78 is 0. The summed E-state index contributed by atoms with van der Waals surface area (Å²) in [4.78, 5) is 31.1. The molecule has 0 spiro atoms. The van der Waals surface area contributed by atoms with Gasteiger partial charge < -0.3 is 32.5 Å². The minimum atomic E-state index is -0.911. The van der Waals surface area contributed by atoms with Crippen LogP contribution in [0.5, 0.6) is 0 Å². The second kappa shape index (κ2) is 16.0. The van der Waals surface area contributed by atoms with Crippen LogP contribution < -0.4 is 17.2 Å². The maximum Gasteiger partial charge on any atom is 0.320 e. The van der Waals surface area contributed by atoms with Crippen LogP contribution in [0.1, 0.15) is 101 Å². The monoisotopic (exact) mass is 477 g/mol. The number of hydrogen-bond donors (Lipinski definition) is 6. The predicted molar refractivity (Wildman–Crippen MR) is 133 cm³/mol. The van der Waals surface area contributed by atoms with Gasteiger partial charge in [0.05, 0.1) is 0 Å². The van der Waals surface area contributed by atoms with E-state index in [2.05, 4.69) is 0 Å². The van der Waals surface area contributed by atoms with E-state index in [-0.39, 0.29) is 16.2 Å². The maximum atomic E-state index is 10.4. The van der Waals surface area contributed by atoms with Gasteiger partial charge in [-0.2, -0.15) is 0 Å². The standard InChI is InChI=1S/3C8H17NO2/c3*1-4-8(2,3)5-6(9)7(10)11/h3*6H,4-5,9H2,1-3H3,(H,10,11)/t2*6-;/m10./s1. The van der Waals surface area contributed by atoms with E-state index >= 15 is 0 Å². The Morgan fingerprint density at radius 1 is 0.545 bits per heavy atom. The molecule has 198 valence electrons. The first-order valence-electron chi connectivity index (χ1n) is 11.6. The Labute approximate surface area is 200 Å². The van der Waals surface area contributed by atoms with Crippen molar-refractivity contribution < 1.29 is 29.7 Å². The van der Waals surface area contributed by atoms with Crippen molar-refractivity contribution in [3.05, 3.63) is 0 Å². The highest BCUT2D eigenvalue weighted by molar-refractivity contribution is 5.73. The van der Waals surface area contributed by atoms with Crippen molar-refractivity contribution >= 4 is 17.9 Å². The molecule has 9 nitrogen and oxygen atoms in total. The fourth-order valence-electron chi connectivity index (χ4n) is 2.48. The van der Waals surface area contributed by atoms with E-state index in [1.54, 1.807) is 0 Å². The fourth-order valence-corrected chi connectivity index (χ4v) is 2.48. The summed E-state index contributed by atoms with van der Waals surface area (Å²) in [5.41, 5.74) is 16.3. The fraction of sp³-hybridized carbons (Fsp3) is 0.875. The van der Waals surface area contributed by atoms with Gasteiger partial charge in [-0.3, -0.25) is 14.4 Å². The molecule has 0 aliphatic heterocycles. The summed E-state index contributed by atoms with van der Waals surface area (Å²) in [6, 6.07) is -2.15. The largest absolute Gasteiger partial charge is 0.480 e. The highest BCUT2D eigenvalue weighted by atomic mass is 16.4. The zero-order valence-electron chi connectivity index (χ0n) is 22.3. The van der Waals surface area contributed by atoms with Crippen LogP contribution in [0.2, 0.25) is 0 Å². The molecule has 0 heterocycles. The summed E-state index contributed by atoms with van der Waals surface area (Å²) in [6.45, 7) is 18.3. The van der Waals surface area contributed by atoms with Crippen LogP contribution in [0.3, 0.4) is 0 Å². The number of nitrogens with two attached hydrogens (primary N) is 3. The van der Waals surface area contributed by atoms with Crippen LogP contribution in [-0.4, -0.2) is 51.4 Å². The molecule has 0 amide bonds. The minimum Gasteiger partial charge on any atom is -0.480 e. The van der Waals surface area contributed by atoms with Gasteiger partial charge in [0, 0.05) is 0 Å². The molecule has 0 aliphatic carbocycles. The molecule has 0 bridgehead atoms. The number of carboxylic acid groups (broad SMARTS) is 3. The molecule has 0 aliphatic rings. The average molecular weight is 478 g/mol. The molecule has 0 aromatic rings. The van der Waals surface area contributed by atoms with Crippen LogP contribution in [0, 0.1) is 16.2 Å². The van der Waals surface area contributed by atoms with Crippen molar-refractivity contribution in [2.75, 3.05) is 0 Å². The molecule has 0 saturated heterocycles. The van der Waals surface area contributed by atoms with Gasteiger partial charge in [-0.1, -0.05) is 81.6 Å². The van der Waals surface area contributed by atoms with Crippen LogP contribution >= 0.6 is 0 Å². The number of rotatable bonds is 12. The van der Waals surface area contributed by atoms with Crippen LogP contribution in [0.15, 0.2) is 0 Å². The first-order valence-corrected chi connectivity index (χ1v) is 11.6. The first-order chi connectivity index (χ1) is 14.7. The molecular weight excluding hydrogens is 426 g/mol. The van der Waals surface area contributed by atoms with E-state index in [9.17, 15) is 14.4 Å². The third-order valence-electron chi connectivity index (χ3n) is 6.14. The summed E-state index contributed by atoms with van der Waals surface area (Å²) in [5.74, 6) is -2.73. The number of carboxylic acids is 3. The minimum absolute atomic E-state index is 0.0395. The Hall–Kier alpha value is -1.71. The second-order valence-corrected chi connectivity index (χ2v) is 11.0. The Kier molecular flexibility index (Phi) is 17.4. The van der Waals surface area contributed by atoms with Crippen molar-refractivity contribution in [1.82, 2.24) is 0 Å². The van der Waals surface area contributed by atoms with E-state index in [1.807, 2.05) is 62.3 Å². The van der Waals surface area contributed by atoms with Crippen molar-refractivity contribution in [2.24, 2.45) is 33.4 Å². The van der Waals surface area contributed by atoms with E-state index in [0.29, 0.717) is 19.3 Å². The molecule has 0 saturated carbocycles. The van der Waals surface area contributed by atoms with E-state index in [4.69, 9.17) is 32.5 Å². The van der Waals surface area contributed by atoms with Crippen LogP contribution in [-0.2, 0) is 14.4 Å². The smallest absolute Gasteiger partial charge is 0.320 e. The molecule has 0 radical (unpaired) electrons. The molecular formula is C24H51N3O6. The summed E-state index contributed by atoms with van der Waals surface area (Å²) >= 11 is 0. The number of carbonyl (C=O) groups is 3. The molecule has 9 heteroatoms. The molecule has 0 aromatic heterocycles. The van der Waals surface area contributed by atoms with Crippen molar-refractivity contribution in [3.63, 3.8) is 0 Å². The highest BCUT2D eigenvalue weighted by Crippen LogP contribution is 2.26. The van der Waals surface area contributed by atoms with Gasteiger partial charge >= 0.3 is 17.9 Å². The number of hydrogen-bond acceptors (Lipinski definition) is 6. The van der Waals surface area contributed by atoms with E-state index in [1.165, 1.54) is 0 Å². The second-order valence-electron chi connectivity index (χ2n) is 11.0. The topological polar surface area (TPSA) is 190 Å². The first kappa shape index (κ1) is 35.9. The van der Waals surface area contributed by atoms with Gasteiger partial charge in [0.1, 0.15) is 18.1 Å². The van der Waals surface area contributed by atoms with Gasteiger partial charge in [0.25, 0.3) is 0 Å². The zero-order valence-corrected chi connectivity index (χ0v) is 22.3. The lowest BCUT2D eigenvalue weighted by Gasteiger charge is -2.24. The lowest BCUT2D eigenvalue weighted by molar-refractivity contribution is -0.140. The van der Waals surface area contributed by atoms with Crippen molar-refractivity contribution in [1.29, 1.82) is 0 Å². The molecule has 9 N–H and O–H groups in total. The zero-order chi connectivity index (χ0) is 27.2. The quantitative estimate of drug-likeness (QED) is 0.243. The Balaban J connectivity index is -0.000000409. The lowest BCUT2D eigenvalue weighted by Crippen LogP contribution is -2.34. The van der Waals surface area contributed by atoms with Crippen molar-refractivity contribution in [2.45, 2.75) is 119 Å². The Morgan fingerprint density at radius 2 is 0.697 bits per heavy atom. The van der Waals surface area contributed by atoms with Gasteiger partial charge in [-0.25, -0.2) is 0 Å². The molecule has 0 rings (SSSR count). The average Bonchev–Trinajstić information content (AvgIpc) is 2.67. The SMILES string of the molecule is CCC(C)(C)CC(N)C(=O)O.CCC(C)(C)C[C@@H](N)C(=O)O.CCC(C)(C)C[C@H](N)C(=O)O. The van der Waals surface area contributed by atoms with Crippen LogP contribution in [0.4, 0.5) is 0 Å². The lowest BCUT2D eigenvalue weighted by atomic mass is 9.83. The van der Waals surface area contributed by atoms with Gasteiger partial charge in [0.2, 0.25) is 0 Å². The highest BCUT2D eigenvalue weighted by Gasteiger charge is 2.24. The predicted octanol–water partition coefficient (Wildman–Crippen LogP) is 3.67. The Bertz CT molecular complexity index is 510. The van der Waals surface area contributed by atoms with E-state index < -0.39 is 36.0 Å². The molecule has 3 atom stereocenters.